The Morgan fingerprint density at radius 1 is 1.50 bits per heavy atom. The fraction of sp³-hybridized carbons (Fsp3) is 0.923. The molecule has 1 heterocycles. The lowest BCUT2D eigenvalue weighted by Gasteiger charge is -2.19. The van der Waals surface area contributed by atoms with E-state index in [1.54, 1.807) is 0 Å². The van der Waals surface area contributed by atoms with E-state index in [0.717, 1.165) is 6.54 Å². The molecule has 0 bridgehead atoms. The second-order valence-corrected chi connectivity index (χ2v) is 6.17. The molecule has 2 unspecified atom stereocenters. The molecule has 0 spiro atoms. The Morgan fingerprint density at radius 2 is 2.17 bits per heavy atom. The van der Waals surface area contributed by atoms with E-state index in [0.29, 0.717) is 24.3 Å². The van der Waals surface area contributed by atoms with E-state index in [9.17, 15) is 9.90 Å². The number of β-amino-alcohol motifs (C(OH)–C–C–N with tert-alkyl or cyclic N) is 1. The predicted molar refractivity (Wildman–Crippen MR) is 73.8 cm³/mol. The smallest absolute Gasteiger partial charge is 0.237 e. The zero-order valence-corrected chi connectivity index (χ0v) is 12.1. The van der Waals surface area contributed by atoms with Crippen LogP contribution in [-0.2, 0) is 4.79 Å². The largest absolute Gasteiger partial charge is 0.392 e. The van der Waals surface area contributed by atoms with Crippen LogP contribution in [0.15, 0.2) is 0 Å². The average molecular weight is 277 g/mol. The molecule has 2 rings (SSSR count). The highest BCUT2D eigenvalue weighted by atomic mass is 35.5. The predicted octanol–water partition coefficient (Wildman–Crippen LogP) is 1.07. The Hall–Kier alpha value is -0.320. The first kappa shape index (κ1) is 15.7. The van der Waals surface area contributed by atoms with Crippen LogP contribution in [0.5, 0.6) is 0 Å². The molecule has 1 saturated heterocycles. The molecule has 1 saturated carbocycles. The second-order valence-electron chi connectivity index (χ2n) is 6.17. The molecular weight excluding hydrogens is 252 g/mol. The Balaban J connectivity index is 0.00000162. The number of rotatable bonds is 5. The van der Waals surface area contributed by atoms with Crippen LogP contribution in [0, 0.1) is 11.3 Å². The van der Waals surface area contributed by atoms with Gasteiger partial charge in [-0.05, 0) is 37.0 Å². The third-order valence-corrected chi connectivity index (χ3v) is 3.86. The first-order valence-electron chi connectivity index (χ1n) is 6.70. The van der Waals surface area contributed by atoms with Crippen LogP contribution in [0.4, 0.5) is 0 Å². The van der Waals surface area contributed by atoms with Crippen molar-refractivity contribution in [2.24, 2.45) is 11.3 Å². The van der Waals surface area contributed by atoms with Crippen LogP contribution in [-0.4, -0.2) is 36.2 Å². The minimum atomic E-state index is -0.365. The van der Waals surface area contributed by atoms with Gasteiger partial charge in [0.25, 0.3) is 0 Å². The van der Waals surface area contributed by atoms with Gasteiger partial charge in [0.05, 0.1) is 12.1 Å². The minimum absolute atomic E-state index is 0. The number of aliphatic hydroxyl groups excluding tert-OH is 1. The van der Waals surface area contributed by atoms with Crippen molar-refractivity contribution in [2.45, 2.75) is 51.7 Å². The SMILES string of the molecule is CC(C)CC1(CNC(=O)C2CC(O)CN2)CC1.Cl. The minimum Gasteiger partial charge on any atom is -0.392 e. The summed E-state index contributed by atoms with van der Waals surface area (Å²) in [5.74, 6) is 0.748. The Labute approximate surface area is 115 Å². The number of halogens is 1. The molecule has 1 amide bonds. The molecule has 3 N–H and O–H groups in total. The van der Waals surface area contributed by atoms with Crippen LogP contribution < -0.4 is 10.6 Å². The van der Waals surface area contributed by atoms with Crippen molar-refractivity contribution in [3.63, 3.8) is 0 Å². The summed E-state index contributed by atoms with van der Waals surface area (Å²) in [6.45, 7) is 5.81. The van der Waals surface area contributed by atoms with Crippen molar-refractivity contribution in [3.05, 3.63) is 0 Å². The van der Waals surface area contributed by atoms with Gasteiger partial charge >= 0.3 is 0 Å². The second kappa shape index (κ2) is 6.22. The normalized spacial score (nSPS) is 28.9. The lowest BCUT2D eigenvalue weighted by Crippen LogP contribution is -2.42. The molecule has 4 nitrogen and oxygen atoms in total. The Morgan fingerprint density at radius 3 is 2.61 bits per heavy atom. The highest BCUT2D eigenvalue weighted by Gasteiger charge is 2.43. The highest BCUT2D eigenvalue weighted by molar-refractivity contribution is 5.85. The fourth-order valence-electron chi connectivity index (χ4n) is 2.81. The Kier molecular flexibility index (Phi) is 5.44. The van der Waals surface area contributed by atoms with E-state index in [2.05, 4.69) is 24.5 Å². The molecule has 2 fully saturated rings. The lowest BCUT2D eigenvalue weighted by molar-refractivity contribution is -0.123. The summed E-state index contributed by atoms with van der Waals surface area (Å²) >= 11 is 0. The maximum atomic E-state index is 11.9. The van der Waals surface area contributed by atoms with Gasteiger partial charge in [-0.1, -0.05) is 13.8 Å². The van der Waals surface area contributed by atoms with Gasteiger partial charge in [0, 0.05) is 13.1 Å². The number of carbonyl (C=O) groups excluding carboxylic acids is 1. The molecular formula is C13H25ClN2O2. The number of hydrogen-bond acceptors (Lipinski definition) is 3. The van der Waals surface area contributed by atoms with Crippen LogP contribution in [0.25, 0.3) is 0 Å². The van der Waals surface area contributed by atoms with Gasteiger partial charge in [-0.2, -0.15) is 0 Å². The first-order chi connectivity index (χ1) is 8.01. The third kappa shape index (κ3) is 4.11. The molecule has 0 aromatic carbocycles. The molecule has 1 aliphatic carbocycles. The molecule has 0 radical (unpaired) electrons. The van der Waals surface area contributed by atoms with E-state index >= 15 is 0 Å². The van der Waals surface area contributed by atoms with Crippen LogP contribution in [0.2, 0.25) is 0 Å². The average Bonchev–Trinajstić information content (AvgIpc) is 2.86. The summed E-state index contributed by atoms with van der Waals surface area (Å²) in [6, 6.07) is -0.195. The molecule has 2 aliphatic rings. The van der Waals surface area contributed by atoms with Crippen molar-refractivity contribution in [2.75, 3.05) is 13.1 Å². The van der Waals surface area contributed by atoms with Gasteiger partial charge < -0.3 is 15.7 Å². The Bertz CT molecular complexity index is 293. The van der Waals surface area contributed by atoms with Crippen molar-refractivity contribution in [3.8, 4) is 0 Å². The monoisotopic (exact) mass is 276 g/mol. The summed E-state index contributed by atoms with van der Waals surface area (Å²) in [5.41, 5.74) is 0.376. The summed E-state index contributed by atoms with van der Waals surface area (Å²) in [7, 11) is 0. The maximum Gasteiger partial charge on any atom is 0.237 e. The summed E-state index contributed by atoms with van der Waals surface area (Å²) in [5, 5.41) is 15.4. The molecule has 0 aromatic rings. The van der Waals surface area contributed by atoms with Crippen LogP contribution in [0.1, 0.15) is 39.5 Å². The molecule has 5 heteroatoms. The summed E-state index contributed by atoms with van der Waals surface area (Å²) in [4.78, 5) is 11.9. The molecule has 2 atom stereocenters. The lowest BCUT2D eigenvalue weighted by atomic mass is 9.94. The maximum absolute atomic E-state index is 11.9. The van der Waals surface area contributed by atoms with Gasteiger partial charge in [-0.25, -0.2) is 0 Å². The van der Waals surface area contributed by atoms with E-state index in [1.807, 2.05) is 0 Å². The van der Waals surface area contributed by atoms with E-state index in [4.69, 9.17) is 0 Å². The van der Waals surface area contributed by atoms with Crippen molar-refractivity contribution in [1.82, 2.24) is 10.6 Å². The zero-order valence-electron chi connectivity index (χ0n) is 11.2. The molecule has 106 valence electrons. The highest BCUT2D eigenvalue weighted by Crippen LogP contribution is 2.49. The first-order valence-corrected chi connectivity index (χ1v) is 6.70. The molecule has 18 heavy (non-hydrogen) atoms. The fourth-order valence-corrected chi connectivity index (χ4v) is 2.81. The van der Waals surface area contributed by atoms with Crippen LogP contribution in [0.3, 0.4) is 0 Å². The van der Waals surface area contributed by atoms with Crippen molar-refractivity contribution in [1.29, 1.82) is 0 Å². The van der Waals surface area contributed by atoms with Crippen LogP contribution >= 0.6 is 12.4 Å². The van der Waals surface area contributed by atoms with Gasteiger partial charge in [0.1, 0.15) is 0 Å². The quantitative estimate of drug-likeness (QED) is 0.704. The van der Waals surface area contributed by atoms with Gasteiger partial charge in [-0.15, -0.1) is 12.4 Å². The summed E-state index contributed by atoms with van der Waals surface area (Å²) < 4.78 is 0. The topological polar surface area (TPSA) is 61.4 Å². The van der Waals surface area contributed by atoms with E-state index in [-0.39, 0.29) is 30.5 Å². The van der Waals surface area contributed by atoms with E-state index in [1.165, 1.54) is 19.3 Å². The zero-order chi connectivity index (χ0) is 12.5. The number of amides is 1. The van der Waals surface area contributed by atoms with Gasteiger partial charge in [0.2, 0.25) is 5.91 Å². The summed E-state index contributed by atoms with van der Waals surface area (Å²) in [6.07, 6.45) is 3.87. The van der Waals surface area contributed by atoms with E-state index < -0.39 is 0 Å². The van der Waals surface area contributed by atoms with Crippen molar-refractivity contribution < 1.29 is 9.90 Å². The number of nitrogens with one attached hydrogen (secondary N) is 2. The van der Waals surface area contributed by atoms with Gasteiger partial charge in [-0.3, -0.25) is 4.79 Å². The number of carbonyl (C=O) groups is 1. The molecule has 1 aliphatic heterocycles. The van der Waals surface area contributed by atoms with Gasteiger partial charge in [0.15, 0.2) is 0 Å². The van der Waals surface area contributed by atoms with Crippen molar-refractivity contribution >= 4 is 18.3 Å². The number of aliphatic hydroxyl groups is 1. The number of hydrogen-bond donors (Lipinski definition) is 3. The third-order valence-electron chi connectivity index (χ3n) is 3.86. The molecule has 0 aromatic heterocycles. The standard InChI is InChI=1S/C13H24N2O2.ClH/c1-9(2)6-13(3-4-13)8-15-12(17)11-5-10(16)7-14-11;/h9-11,14,16H,3-8H2,1-2H3,(H,15,17);1H.